The molecule has 0 fully saturated rings. The minimum atomic E-state index is 0.292. The predicted octanol–water partition coefficient (Wildman–Crippen LogP) is 4.72. The standard InChI is InChI=1S/C17H24N2S/c1-5-18-16(13(4)14-9-7-6-8-10-14)17-19-15(11-20-17)12(2)3/h6-13,16,18H,5H2,1-4H3. The van der Waals surface area contributed by atoms with Crippen LogP contribution in [0.2, 0.25) is 0 Å². The number of nitrogens with zero attached hydrogens (tertiary/aromatic N) is 1. The molecule has 2 nitrogen and oxygen atoms in total. The van der Waals surface area contributed by atoms with Crippen molar-refractivity contribution in [3.8, 4) is 0 Å². The zero-order valence-electron chi connectivity index (χ0n) is 12.8. The third kappa shape index (κ3) is 3.47. The number of hydrogen-bond donors (Lipinski definition) is 1. The van der Waals surface area contributed by atoms with E-state index < -0.39 is 0 Å². The van der Waals surface area contributed by atoms with Crippen molar-refractivity contribution in [2.24, 2.45) is 0 Å². The highest BCUT2D eigenvalue weighted by Crippen LogP contribution is 2.33. The molecule has 0 saturated heterocycles. The molecule has 2 atom stereocenters. The van der Waals surface area contributed by atoms with Gasteiger partial charge in [-0.2, -0.15) is 0 Å². The first-order chi connectivity index (χ1) is 9.63. The maximum Gasteiger partial charge on any atom is 0.110 e. The third-order valence-corrected chi connectivity index (χ3v) is 4.59. The van der Waals surface area contributed by atoms with Crippen LogP contribution in [0.5, 0.6) is 0 Å². The van der Waals surface area contributed by atoms with Crippen molar-refractivity contribution in [3.63, 3.8) is 0 Å². The highest BCUT2D eigenvalue weighted by Gasteiger charge is 2.23. The Hall–Kier alpha value is -1.19. The predicted molar refractivity (Wildman–Crippen MR) is 87.5 cm³/mol. The van der Waals surface area contributed by atoms with E-state index in [0.29, 0.717) is 17.9 Å². The van der Waals surface area contributed by atoms with Crippen molar-refractivity contribution < 1.29 is 0 Å². The van der Waals surface area contributed by atoms with Gasteiger partial charge >= 0.3 is 0 Å². The fourth-order valence-corrected chi connectivity index (χ4v) is 3.51. The summed E-state index contributed by atoms with van der Waals surface area (Å²) in [4.78, 5) is 4.83. The van der Waals surface area contributed by atoms with Crippen LogP contribution >= 0.6 is 11.3 Å². The Morgan fingerprint density at radius 3 is 2.40 bits per heavy atom. The van der Waals surface area contributed by atoms with Gasteiger partial charge in [-0.05, 0) is 18.0 Å². The van der Waals surface area contributed by atoms with Crippen molar-refractivity contribution in [2.75, 3.05) is 6.54 Å². The maximum absolute atomic E-state index is 4.83. The van der Waals surface area contributed by atoms with E-state index in [1.807, 2.05) is 0 Å². The summed E-state index contributed by atoms with van der Waals surface area (Å²) in [6, 6.07) is 11.0. The molecule has 20 heavy (non-hydrogen) atoms. The van der Waals surface area contributed by atoms with Crippen molar-refractivity contribution in [1.82, 2.24) is 10.3 Å². The molecular weight excluding hydrogens is 264 g/mol. The van der Waals surface area contributed by atoms with Gasteiger partial charge in [-0.3, -0.25) is 0 Å². The molecule has 2 unspecified atom stereocenters. The Kier molecular flexibility index (Phi) is 5.32. The van der Waals surface area contributed by atoms with E-state index in [1.54, 1.807) is 11.3 Å². The van der Waals surface area contributed by atoms with E-state index in [4.69, 9.17) is 4.98 Å². The van der Waals surface area contributed by atoms with Crippen LogP contribution in [0.3, 0.4) is 0 Å². The summed E-state index contributed by atoms with van der Waals surface area (Å²) in [5.41, 5.74) is 2.56. The summed E-state index contributed by atoms with van der Waals surface area (Å²) in [6.45, 7) is 9.78. The number of hydrogen-bond acceptors (Lipinski definition) is 3. The minimum absolute atomic E-state index is 0.292. The van der Waals surface area contributed by atoms with Gasteiger partial charge < -0.3 is 5.32 Å². The number of likely N-dealkylation sites (N-methyl/N-ethyl adjacent to an activating group) is 1. The van der Waals surface area contributed by atoms with Crippen LogP contribution in [0, 0.1) is 0 Å². The average molecular weight is 288 g/mol. The van der Waals surface area contributed by atoms with Crippen LogP contribution in [-0.4, -0.2) is 11.5 Å². The molecule has 0 aliphatic carbocycles. The number of nitrogens with one attached hydrogen (secondary N) is 1. The van der Waals surface area contributed by atoms with Crippen LogP contribution in [0.1, 0.15) is 61.8 Å². The van der Waals surface area contributed by atoms with Crippen molar-refractivity contribution in [2.45, 2.75) is 45.6 Å². The van der Waals surface area contributed by atoms with Crippen molar-refractivity contribution in [3.05, 3.63) is 52.0 Å². The van der Waals surface area contributed by atoms with E-state index in [2.05, 4.69) is 68.7 Å². The van der Waals surface area contributed by atoms with Crippen LogP contribution < -0.4 is 5.32 Å². The van der Waals surface area contributed by atoms with Gasteiger partial charge in [0, 0.05) is 11.3 Å². The third-order valence-electron chi connectivity index (χ3n) is 3.65. The van der Waals surface area contributed by atoms with Crippen LogP contribution in [0.4, 0.5) is 0 Å². The highest BCUT2D eigenvalue weighted by atomic mass is 32.1. The fraction of sp³-hybridized carbons (Fsp3) is 0.471. The normalized spacial score (nSPS) is 14.4. The molecule has 0 spiro atoms. The lowest BCUT2D eigenvalue weighted by Crippen LogP contribution is -2.25. The number of rotatable bonds is 6. The van der Waals surface area contributed by atoms with Gasteiger partial charge in [0.25, 0.3) is 0 Å². The summed E-state index contributed by atoms with van der Waals surface area (Å²) >= 11 is 1.78. The molecule has 0 aliphatic rings. The quantitative estimate of drug-likeness (QED) is 0.832. The molecule has 0 bridgehead atoms. The van der Waals surface area contributed by atoms with Gasteiger partial charge in [-0.25, -0.2) is 4.98 Å². The monoisotopic (exact) mass is 288 g/mol. The largest absolute Gasteiger partial charge is 0.308 e. The molecule has 1 aromatic heterocycles. The Morgan fingerprint density at radius 2 is 1.85 bits per heavy atom. The zero-order chi connectivity index (χ0) is 14.5. The molecule has 0 amide bonds. The molecule has 1 aromatic carbocycles. The van der Waals surface area contributed by atoms with Gasteiger partial charge in [0.1, 0.15) is 5.01 Å². The summed E-state index contributed by atoms with van der Waals surface area (Å²) in [5.74, 6) is 0.914. The first-order valence-corrected chi connectivity index (χ1v) is 8.25. The molecule has 0 radical (unpaired) electrons. The lowest BCUT2D eigenvalue weighted by Gasteiger charge is -2.23. The highest BCUT2D eigenvalue weighted by molar-refractivity contribution is 7.09. The smallest absolute Gasteiger partial charge is 0.110 e. The summed E-state index contributed by atoms with van der Waals surface area (Å²) in [5, 5.41) is 6.99. The molecule has 2 aromatic rings. The van der Waals surface area contributed by atoms with E-state index in [1.165, 1.54) is 16.3 Å². The molecule has 3 heteroatoms. The maximum atomic E-state index is 4.83. The molecule has 108 valence electrons. The number of benzene rings is 1. The zero-order valence-corrected chi connectivity index (χ0v) is 13.6. The van der Waals surface area contributed by atoms with E-state index in [-0.39, 0.29) is 0 Å². The average Bonchev–Trinajstić information content (AvgIpc) is 2.95. The Bertz CT molecular complexity index is 519. The number of thiazole rings is 1. The van der Waals surface area contributed by atoms with E-state index >= 15 is 0 Å². The minimum Gasteiger partial charge on any atom is -0.308 e. The molecule has 2 rings (SSSR count). The topological polar surface area (TPSA) is 24.9 Å². The molecule has 1 N–H and O–H groups in total. The van der Waals surface area contributed by atoms with Crippen molar-refractivity contribution >= 4 is 11.3 Å². The van der Waals surface area contributed by atoms with Gasteiger partial charge in [0.2, 0.25) is 0 Å². The Balaban J connectivity index is 2.25. The van der Waals surface area contributed by atoms with Gasteiger partial charge in [0.15, 0.2) is 0 Å². The molecule has 1 heterocycles. The Morgan fingerprint density at radius 1 is 1.15 bits per heavy atom. The second-order valence-electron chi connectivity index (χ2n) is 5.50. The van der Waals surface area contributed by atoms with Gasteiger partial charge in [-0.15, -0.1) is 11.3 Å². The van der Waals surface area contributed by atoms with Crippen molar-refractivity contribution in [1.29, 1.82) is 0 Å². The van der Waals surface area contributed by atoms with E-state index in [9.17, 15) is 0 Å². The fourth-order valence-electron chi connectivity index (χ4n) is 2.36. The lowest BCUT2D eigenvalue weighted by atomic mass is 9.93. The SMILES string of the molecule is CCNC(c1nc(C(C)C)cs1)C(C)c1ccccc1. The van der Waals surface area contributed by atoms with Gasteiger partial charge in [0.05, 0.1) is 11.7 Å². The van der Waals surface area contributed by atoms with Crippen LogP contribution in [-0.2, 0) is 0 Å². The second-order valence-corrected chi connectivity index (χ2v) is 6.39. The van der Waals surface area contributed by atoms with E-state index in [0.717, 1.165) is 6.54 Å². The Labute approximate surface area is 126 Å². The molecule has 0 saturated carbocycles. The second kappa shape index (κ2) is 7.00. The first kappa shape index (κ1) is 15.2. The first-order valence-electron chi connectivity index (χ1n) is 7.37. The molecule has 0 aliphatic heterocycles. The van der Waals surface area contributed by atoms with Crippen LogP contribution in [0.25, 0.3) is 0 Å². The molecular formula is C17H24N2S. The van der Waals surface area contributed by atoms with Gasteiger partial charge in [-0.1, -0.05) is 58.0 Å². The lowest BCUT2D eigenvalue weighted by molar-refractivity contribution is 0.476. The van der Waals surface area contributed by atoms with Crippen LogP contribution in [0.15, 0.2) is 35.7 Å². The summed E-state index contributed by atoms with van der Waals surface area (Å²) in [6.07, 6.45) is 0. The summed E-state index contributed by atoms with van der Waals surface area (Å²) in [7, 11) is 0. The summed E-state index contributed by atoms with van der Waals surface area (Å²) < 4.78 is 0. The number of aromatic nitrogens is 1.